The van der Waals surface area contributed by atoms with Crippen molar-refractivity contribution in [1.29, 1.82) is 0 Å². The number of carbonyl (C=O) groups excluding carboxylic acids is 1. The Bertz CT molecular complexity index is 990. The maximum absolute atomic E-state index is 13.0. The highest BCUT2D eigenvalue weighted by Gasteiger charge is 2.25. The van der Waals surface area contributed by atoms with Crippen LogP contribution in [-0.4, -0.2) is 36.9 Å². The fraction of sp³-hybridized carbons (Fsp3) is 0.250. The number of nitrogen functional groups attached to an aromatic ring is 1. The van der Waals surface area contributed by atoms with E-state index in [-0.39, 0.29) is 29.1 Å². The van der Waals surface area contributed by atoms with Crippen LogP contribution in [0.2, 0.25) is 0 Å². The zero-order valence-electron chi connectivity index (χ0n) is 14.8. The summed E-state index contributed by atoms with van der Waals surface area (Å²) in [4.78, 5) is 12.5. The third kappa shape index (κ3) is 3.66. The predicted octanol–water partition coefficient (Wildman–Crippen LogP) is 1.65. The molecule has 2 aromatic heterocycles. The van der Waals surface area contributed by atoms with Crippen molar-refractivity contribution in [3.63, 3.8) is 0 Å². The minimum Gasteiger partial charge on any atom is -0.378 e. The molecule has 0 atom stereocenters. The van der Waals surface area contributed by atoms with Crippen molar-refractivity contribution in [2.45, 2.75) is 26.7 Å². The molecule has 0 unspecified atom stereocenters. The van der Waals surface area contributed by atoms with Crippen LogP contribution >= 0.6 is 0 Å². The van der Waals surface area contributed by atoms with Gasteiger partial charge in [-0.3, -0.25) is 4.79 Å². The Morgan fingerprint density at radius 3 is 2.59 bits per heavy atom. The minimum atomic E-state index is -0.554. The van der Waals surface area contributed by atoms with Gasteiger partial charge in [-0.05, 0) is 40.9 Å². The Morgan fingerprint density at radius 1 is 1.30 bits per heavy atom. The number of nitrogens with zero attached hydrogens (tertiary/aromatic N) is 6. The van der Waals surface area contributed by atoms with Crippen LogP contribution in [0.15, 0.2) is 34.0 Å². The summed E-state index contributed by atoms with van der Waals surface area (Å²) in [7, 11) is 0. The van der Waals surface area contributed by atoms with Crippen molar-refractivity contribution in [2.75, 3.05) is 5.73 Å². The van der Waals surface area contributed by atoms with E-state index in [0.29, 0.717) is 17.0 Å². The Balaban J connectivity index is 1.87. The molecule has 0 saturated heterocycles. The van der Waals surface area contributed by atoms with Crippen LogP contribution in [-0.2, 0) is 0 Å². The van der Waals surface area contributed by atoms with Crippen molar-refractivity contribution in [1.82, 2.24) is 30.7 Å². The maximum atomic E-state index is 13.0. The summed E-state index contributed by atoms with van der Waals surface area (Å²) in [6.07, 6.45) is 0. The number of hydrogen-bond acceptors (Lipinski definition) is 8. The number of halogens is 1. The van der Waals surface area contributed by atoms with Crippen molar-refractivity contribution in [3.8, 4) is 5.82 Å². The highest BCUT2D eigenvalue weighted by Crippen LogP contribution is 2.22. The van der Waals surface area contributed by atoms with E-state index >= 15 is 0 Å². The summed E-state index contributed by atoms with van der Waals surface area (Å²) in [5.74, 6) is -0.856. The molecule has 0 fully saturated rings. The molecular formula is C16H17FN8O2. The Hall–Kier alpha value is -3.63. The van der Waals surface area contributed by atoms with Gasteiger partial charge in [0.25, 0.3) is 5.91 Å². The van der Waals surface area contributed by atoms with Crippen molar-refractivity contribution in [2.24, 2.45) is 5.10 Å². The molecule has 0 aliphatic heterocycles. The van der Waals surface area contributed by atoms with Crippen LogP contribution < -0.4 is 11.2 Å². The average Bonchev–Trinajstić information content (AvgIpc) is 3.25. The second-order valence-electron chi connectivity index (χ2n) is 6.01. The van der Waals surface area contributed by atoms with Crippen molar-refractivity contribution < 1.29 is 13.8 Å². The van der Waals surface area contributed by atoms with Gasteiger partial charge in [0.15, 0.2) is 5.69 Å². The lowest BCUT2D eigenvalue weighted by Crippen LogP contribution is -2.22. The molecule has 0 spiro atoms. The van der Waals surface area contributed by atoms with E-state index < -0.39 is 5.91 Å². The van der Waals surface area contributed by atoms with Gasteiger partial charge in [0.1, 0.15) is 5.82 Å². The molecule has 0 aliphatic carbocycles. The molecule has 11 heteroatoms. The van der Waals surface area contributed by atoms with E-state index in [1.807, 2.05) is 13.8 Å². The Kier molecular flexibility index (Phi) is 4.92. The van der Waals surface area contributed by atoms with Gasteiger partial charge in [-0.1, -0.05) is 31.2 Å². The van der Waals surface area contributed by atoms with Gasteiger partial charge in [0.2, 0.25) is 11.6 Å². The molecule has 10 nitrogen and oxygen atoms in total. The van der Waals surface area contributed by atoms with Gasteiger partial charge in [0.05, 0.1) is 11.4 Å². The number of benzene rings is 1. The molecule has 3 N–H and O–H groups in total. The number of hydrazone groups is 1. The molecular weight excluding hydrogens is 355 g/mol. The molecule has 1 amide bonds. The highest BCUT2D eigenvalue weighted by atomic mass is 19.1. The second-order valence-corrected chi connectivity index (χ2v) is 6.01. The summed E-state index contributed by atoms with van der Waals surface area (Å²) in [6, 6.07) is 5.76. The van der Waals surface area contributed by atoms with Crippen LogP contribution in [0.5, 0.6) is 0 Å². The van der Waals surface area contributed by atoms with E-state index in [1.54, 1.807) is 19.1 Å². The summed E-state index contributed by atoms with van der Waals surface area (Å²) >= 11 is 0. The number of rotatable bonds is 5. The maximum Gasteiger partial charge on any atom is 0.293 e. The van der Waals surface area contributed by atoms with Crippen molar-refractivity contribution >= 4 is 17.4 Å². The van der Waals surface area contributed by atoms with Crippen LogP contribution in [0.3, 0.4) is 0 Å². The Labute approximate surface area is 153 Å². The first-order valence-electron chi connectivity index (χ1n) is 8.03. The molecule has 0 bridgehead atoms. The van der Waals surface area contributed by atoms with Gasteiger partial charge < -0.3 is 5.73 Å². The third-order valence-electron chi connectivity index (χ3n) is 3.75. The molecule has 27 heavy (non-hydrogen) atoms. The van der Waals surface area contributed by atoms with Crippen LogP contribution in [0.25, 0.3) is 5.82 Å². The smallest absolute Gasteiger partial charge is 0.293 e. The van der Waals surface area contributed by atoms with Crippen molar-refractivity contribution in [3.05, 3.63) is 47.0 Å². The van der Waals surface area contributed by atoms with Gasteiger partial charge in [-0.15, -0.1) is 5.10 Å². The molecule has 140 valence electrons. The summed E-state index contributed by atoms with van der Waals surface area (Å²) < 4.78 is 18.9. The SMILES string of the molecule is CC(=NNC(=O)c1nnn(-c2nonc2N)c1C(C)C)c1ccc(F)cc1. The van der Waals surface area contributed by atoms with Gasteiger partial charge >= 0.3 is 0 Å². The lowest BCUT2D eigenvalue weighted by atomic mass is 10.1. The summed E-state index contributed by atoms with van der Waals surface area (Å²) in [5, 5.41) is 19.1. The first-order chi connectivity index (χ1) is 12.9. The molecule has 0 saturated carbocycles. The fourth-order valence-corrected chi connectivity index (χ4v) is 2.41. The van der Waals surface area contributed by atoms with Gasteiger partial charge in [-0.25, -0.2) is 14.4 Å². The number of aromatic nitrogens is 5. The Morgan fingerprint density at radius 2 is 2.00 bits per heavy atom. The van der Waals surface area contributed by atoms with E-state index in [4.69, 9.17) is 5.73 Å². The lowest BCUT2D eigenvalue weighted by molar-refractivity contribution is 0.0948. The fourth-order valence-electron chi connectivity index (χ4n) is 2.41. The molecule has 3 rings (SSSR count). The monoisotopic (exact) mass is 372 g/mol. The van der Waals surface area contributed by atoms with E-state index in [1.165, 1.54) is 16.8 Å². The van der Waals surface area contributed by atoms with E-state index in [2.05, 4.69) is 35.8 Å². The van der Waals surface area contributed by atoms with Crippen LogP contribution in [0.4, 0.5) is 10.2 Å². The van der Waals surface area contributed by atoms with E-state index in [0.717, 1.165) is 0 Å². The number of nitrogens with two attached hydrogens (primary N) is 1. The third-order valence-corrected chi connectivity index (χ3v) is 3.75. The van der Waals surface area contributed by atoms with Gasteiger partial charge in [-0.2, -0.15) is 9.78 Å². The van der Waals surface area contributed by atoms with Crippen LogP contribution in [0.1, 0.15) is 48.4 Å². The number of hydrogen-bond donors (Lipinski definition) is 2. The largest absolute Gasteiger partial charge is 0.378 e. The molecule has 3 aromatic rings. The first-order valence-corrected chi connectivity index (χ1v) is 8.03. The number of carbonyl (C=O) groups is 1. The zero-order chi connectivity index (χ0) is 19.6. The number of anilines is 1. The number of amides is 1. The normalized spacial score (nSPS) is 11.8. The molecule has 0 radical (unpaired) electrons. The van der Waals surface area contributed by atoms with Crippen LogP contribution in [0, 0.1) is 5.82 Å². The molecule has 0 aliphatic rings. The topological polar surface area (TPSA) is 137 Å². The molecule has 1 aromatic carbocycles. The van der Waals surface area contributed by atoms with E-state index in [9.17, 15) is 9.18 Å². The summed E-state index contributed by atoms with van der Waals surface area (Å²) in [5.41, 5.74) is 9.85. The molecule has 2 heterocycles. The summed E-state index contributed by atoms with van der Waals surface area (Å²) in [6.45, 7) is 5.42. The average molecular weight is 372 g/mol. The minimum absolute atomic E-state index is 0.0268. The lowest BCUT2D eigenvalue weighted by Gasteiger charge is -2.08. The quantitative estimate of drug-likeness (QED) is 0.513. The standard InChI is InChI=1S/C16H17FN8O2/c1-8(2)13-12(20-24-25(13)15-14(18)22-27-23-15)16(26)21-19-9(3)10-4-6-11(17)7-5-10/h4-8H,1-3H3,(H2,18,22)(H,21,26). The predicted molar refractivity (Wildman–Crippen MR) is 93.8 cm³/mol. The van der Waals surface area contributed by atoms with Gasteiger partial charge in [0, 0.05) is 0 Å². The first kappa shape index (κ1) is 18.2. The number of nitrogens with one attached hydrogen (secondary N) is 1. The second kappa shape index (κ2) is 7.32. The highest BCUT2D eigenvalue weighted by molar-refractivity contribution is 6.00. The zero-order valence-corrected chi connectivity index (χ0v) is 14.8.